The highest BCUT2D eigenvalue weighted by Crippen LogP contribution is 2.29. The van der Waals surface area contributed by atoms with E-state index in [9.17, 15) is 22.4 Å². The van der Waals surface area contributed by atoms with E-state index in [1.165, 1.54) is 6.07 Å². The van der Waals surface area contributed by atoms with E-state index >= 15 is 0 Å². The van der Waals surface area contributed by atoms with Crippen molar-refractivity contribution in [1.82, 2.24) is 0 Å². The van der Waals surface area contributed by atoms with Crippen LogP contribution in [0.4, 0.5) is 17.6 Å². The van der Waals surface area contributed by atoms with Gasteiger partial charge in [0.25, 0.3) is 0 Å². The lowest BCUT2D eigenvalue weighted by Crippen LogP contribution is -2.25. The number of carbonyl (C=O) groups excluding carboxylic acids is 1. The minimum Gasteiger partial charge on any atom is -0.493 e. The fourth-order valence-electron chi connectivity index (χ4n) is 3.67. The summed E-state index contributed by atoms with van der Waals surface area (Å²) in [6.45, 7) is 3.05. The van der Waals surface area contributed by atoms with Crippen LogP contribution in [0.3, 0.4) is 0 Å². The summed E-state index contributed by atoms with van der Waals surface area (Å²) >= 11 is 0. The number of carbonyl (C=O) groups is 1. The summed E-state index contributed by atoms with van der Waals surface area (Å²) in [6, 6.07) is 4.19. The van der Waals surface area contributed by atoms with Crippen molar-refractivity contribution in [3.8, 4) is 17.6 Å². The van der Waals surface area contributed by atoms with Crippen molar-refractivity contribution in [3.63, 3.8) is 0 Å². The Balaban J connectivity index is 1.61. The van der Waals surface area contributed by atoms with Crippen LogP contribution in [-0.2, 0) is 4.74 Å². The molecule has 0 atom stereocenters. The number of benzene rings is 2. The predicted molar refractivity (Wildman–Crippen MR) is 110 cm³/mol. The summed E-state index contributed by atoms with van der Waals surface area (Å²) in [6.07, 6.45) is 4.75. The molecule has 0 aromatic heterocycles. The summed E-state index contributed by atoms with van der Waals surface area (Å²) in [5.41, 5.74) is -1.89. The van der Waals surface area contributed by atoms with Crippen molar-refractivity contribution in [2.75, 3.05) is 13.2 Å². The van der Waals surface area contributed by atoms with Gasteiger partial charge in [0.2, 0.25) is 0 Å². The summed E-state index contributed by atoms with van der Waals surface area (Å²) < 4.78 is 72.2. The maximum atomic E-state index is 14.4. The second kappa shape index (κ2) is 11.1. The molecule has 0 aliphatic heterocycles. The molecule has 2 aromatic rings. The molecule has 1 fully saturated rings. The molecule has 0 spiro atoms. The molecular weight excluding hydrogens is 442 g/mol. The molecule has 0 radical (unpaired) electrons. The molecule has 0 N–H and O–H groups in total. The largest absolute Gasteiger partial charge is 0.493 e. The minimum atomic E-state index is -1.48. The standard InChI is InChI=1S/C24H23F4NO4/c1-2-7-31-15-5-3-14(4-6-15)13-32-16-8-21(27)23(22(28)9-16)24(30)33-17-10-19(25)18(12-29)20(26)11-17/h8-11,14-15H,2-7,13H2,1H3. The highest BCUT2D eigenvalue weighted by molar-refractivity contribution is 5.91. The molecule has 0 bridgehead atoms. The van der Waals surface area contributed by atoms with Crippen LogP contribution in [-0.4, -0.2) is 25.3 Å². The predicted octanol–water partition coefficient (Wildman–Crippen LogP) is 5.70. The number of hydrogen-bond donors (Lipinski definition) is 0. The van der Waals surface area contributed by atoms with E-state index in [0.717, 1.165) is 50.8 Å². The lowest BCUT2D eigenvalue weighted by molar-refractivity contribution is 0.0132. The average Bonchev–Trinajstić information content (AvgIpc) is 2.76. The highest BCUT2D eigenvalue weighted by atomic mass is 19.1. The van der Waals surface area contributed by atoms with Crippen LogP contribution in [0.1, 0.15) is 54.9 Å². The van der Waals surface area contributed by atoms with Gasteiger partial charge in [-0.05, 0) is 38.0 Å². The van der Waals surface area contributed by atoms with E-state index in [1.54, 1.807) is 0 Å². The lowest BCUT2D eigenvalue weighted by Gasteiger charge is -2.28. The van der Waals surface area contributed by atoms with Crippen LogP contribution < -0.4 is 9.47 Å². The van der Waals surface area contributed by atoms with E-state index in [-0.39, 0.29) is 24.4 Å². The number of halogens is 4. The number of esters is 1. The normalized spacial score (nSPS) is 17.9. The highest BCUT2D eigenvalue weighted by Gasteiger charge is 2.25. The summed E-state index contributed by atoms with van der Waals surface area (Å²) in [5, 5.41) is 8.66. The summed E-state index contributed by atoms with van der Waals surface area (Å²) in [4.78, 5) is 12.2. The van der Waals surface area contributed by atoms with Crippen molar-refractivity contribution in [2.45, 2.75) is 45.1 Å². The summed E-state index contributed by atoms with van der Waals surface area (Å²) in [5.74, 6) is -6.98. The number of ether oxygens (including phenoxy) is 3. The molecule has 0 saturated heterocycles. The Kier molecular flexibility index (Phi) is 8.28. The van der Waals surface area contributed by atoms with Gasteiger partial charge in [0.05, 0.1) is 12.7 Å². The van der Waals surface area contributed by atoms with E-state index in [4.69, 9.17) is 19.5 Å². The first-order valence-electron chi connectivity index (χ1n) is 10.7. The number of nitriles is 1. The molecule has 1 aliphatic carbocycles. The van der Waals surface area contributed by atoms with Crippen LogP contribution in [0.5, 0.6) is 11.5 Å². The van der Waals surface area contributed by atoms with Gasteiger partial charge in [0, 0.05) is 30.9 Å². The third-order valence-electron chi connectivity index (χ3n) is 5.39. The SMILES string of the molecule is CCCOC1CCC(COc2cc(F)c(C(=O)Oc3cc(F)c(C#N)c(F)c3)c(F)c2)CC1. The number of rotatable bonds is 8. The number of nitrogens with zero attached hydrogens (tertiary/aromatic N) is 1. The van der Waals surface area contributed by atoms with Gasteiger partial charge in [-0.1, -0.05) is 6.92 Å². The van der Waals surface area contributed by atoms with Gasteiger partial charge in [0.15, 0.2) is 0 Å². The maximum absolute atomic E-state index is 14.4. The van der Waals surface area contributed by atoms with Gasteiger partial charge in [-0.25, -0.2) is 22.4 Å². The van der Waals surface area contributed by atoms with E-state index in [1.807, 2.05) is 0 Å². The van der Waals surface area contributed by atoms with Crippen LogP contribution >= 0.6 is 0 Å². The van der Waals surface area contributed by atoms with Gasteiger partial charge >= 0.3 is 5.97 Å². The molecule has 2 aromatic carbocycles. The van der Waals surface area contributed by atoms with Crippen molar-refractivity contribution < 1.29 is 36.6 Å². The zero-order chi connectivity index (χ0) is 24.0. The van der Waals surface area contributed by atoms with Gasteiger partial charge in [0.1, 0.15) is 52.0 Å². The zero-order valence-electron chi connectivity index (χ0n) is 18.0. The van der Waals surface area contributed by atoms with Gasteiger partial charge in [-0.2, -0.15) is 5.26 Å². The monoisotopic (exact) mass is 465 g/mol. The molecule has 0 unspecified atom stereocenters. The first-order valence-corrected chi connectivity index (χ1v) is 10.7. The molecule has 176 valence electrons. The van der Waals surface area contributed by atoms with Crippen LogP contribution in [0.2, 0.25) is 0 Å². The third-order valence-corrected chi connectivity index (χ3v) is 5.39. The Bertz CT molecular complexity index is 999. The van der Waals surface area contributed by atoms with Crippen molar-refractivity contribution in [1.29, 1.82) is 5.26 Å². The Labute approximate surface area is 188 Å². The van der Waals surface area contributed by atoms with E-state index in [0.29, 0.717) is 12.1 Å². The molecule has 1 saturated carbocycles. The maximum Gasteiger partial charge on any atom is 0.349 e. The zero-order valence-corrected chi connectivity index (χ0v) is 18.0. The van der Waals surface area contributed by atoms with Gasteiger partial charge in [-0.15, -0.1) is 0 Å². The van der Waals surface area contributed by atoms with Crippen molar-refractivity contribution >= 4 is 5.97 Å². The molecular formula is C24H23F4NO4. The Hall–Kier alpha value is -3.12. The quantitative estimate of drug-likeness (QED) is 0.284. The van der Waals surface area contributed by atoms with E-state index < -0.39 is 46.1 Å². The molecule has 0 heterocycles. The third kappa shape index (κ3) is 6.23. The fraction of sp³-hybridized carbons (Fsp3) is 0.417. The first kappa shape index (κ1) is 24.5. The topological polar surface area (TPSA) is 68.6 Å². The molecule has 5 nitrogen and oxygen atoms in total. The first-order chi connectivity index (χ1) is 15.8. The Morgan fingerprint density at radius 3 is 2.09 bits per heavy atom. The van der Waals surface area contributed by atoms with Crippen molar-refractivity contribution in [2.24, 2.45) is 5.92 Å². The van der Waals surface area contributed by atoms with Crippen LogP contribution in [0.15, 0.2) is 24.3 Å². The summed E-state index contributed by atoms with van der Waals surface area (Å²) in [7, 11) is 0. The molecule has 33 heavy (non-hydrogen) atoms. The van der Waals surface area contributed by atoms with Gasteiger partial charge in [-0.3, -0.25) is 0 Å². The minimum absolute atomic E-state index is 0.0821. The van der Waals surface area contributed by atoms with Gasteiger partial charge < -0.3 is 14.2 Å². The average molecular weight is 465 g/mol. The Morgan fingerprint density at radius 1 is 0.970 bits per heavy atom. The fourth-order valence-corrected chi connectivity index (χ4v) is 3.67. The molecule has 0 amide bonds. The second-order valence-electron chi connectivity index (χ2n) is 7.85. The van der Waals surface area contributed by atoms with Crippen LogP contribution in [0, 0.1) is 40.5 Å². The molecule has 3 rings (SSSR count). The Morgan fingerprint density at radius 2 is 1.55 bits per heavy atom. The van der Waals surface area contributed by atoms with Crippen LogP contribution in [0.25, 0.3) is 0 Å². The molecule has 1 aliphatic rings. The van der Waals surface area contributed by atoms with Crippen molar-refractivity contribution in [3.05, 3.63) is 58.7 Å². The lowest BCUT2D eigenvalue weighted by atomic mass is 9.88. The van der Waals surface area contributed by atoms with E-state index in [2.05, 4.69) is 6.92 Å². The number of hydrogen-bond acceptors (Lipinski definition) is 5. The smallest absolute Gasteiger partial charge is 0.349 e. The molecule has 9 heteroatoms. The second-order valence-corrected chi connectivity index (χ2v) is 7.85.